The molecule has 2 nitrogen and oxygen atoms in total. The van der Waals surface area contributed by atoms with Crippen LogP contribution in [0.5, 0.6) is 5.75 Å². The van der Waals surface area contributed by atoms with E-state index in [4.69, 9.17) is 4.74 Å². The van der Waals surface area contributed by atoms with Gasteiger partial charge in [0.15, 0.2) is 6.10 Å². The van der Waals surface area contributed by atoms with Gasteiger partial charge >= 0.3 is 24.8 Å². The Bertz CT molecular complexity index is 691. The number of halogens is 3. The van der Waals surface area contributed by atoms with Gasteiger partial charge in [-0.15, -0.1) is 0 Å². The Labute approximate surface area is 171 Å². The molecule has 0 radical (unpaired) electrons. The third-order valence-corrected chi connectivity index (χ3v) is 4.74. The van der Waals surface area contributed by atoms with Crippen molar-refractivity contribution in [3.8, 4) is 5.75 Å². The molecule has 27 heavy (non-hydrogen) atoms. The van der Waals surface area contributed by atoms with Crippen LogP contribution < -0.4 is 10.0 Å². The molecule has 0 saturated heterocycles. The molecule has 2 aromatic carbocycles. The molecular weight excluding hydrogens is 367 g/mol. The molecule has 0 amide bonds. The Kier molecular flexibility index (Phi) is 10.2. The maximum absolute atomic E-state index is 12.7. The minimum absolute atomic E-state index is 0. The van der Waals surface area contributed by atoms with Crippen molar-refractivity contribution < 1.29 is 22.7 Å². The summed E-state index contributed by atoms with van der Waals surface area (Å²) in [6, 6.07) is 14.7. The van der Waals surface area contributed by atoms with Crippen molar-refractivity contribution in [3.63, 3.8) is 0 Å². The standard InChI is InChI=1S/C20H22F3O2P.Li.H/c1-2-3-5-10-18(19(24)15-8-6-4-7-9-15)25-16-11-13-17(14-12-16)26-20(21,22)23;;/h4,6-9,11-14,18,26H,2-3,5,10H2,1H3;;. The molecule has 0 aromatic heterocycles. The molecule has 0 saturated carbocycles. The van der Waals surface area contributed by atoms with Crippen molar-refractivity contribution in [2.45, 2.75) is 44.6 Å². The Hall–Kier alpha value is -1.27. The number of benzene rings is 2. The van der Waals surface area contributed by atoms with E-state index in [0.29, 0.717) is 17.7 Å². The molecule has 2 aromatic rings. The molecule has 0 bridgehead atoms. The van der Waals surface area contributed by atoms with Crippen LogP contribution in [-0.2, 0) is 0 Å². The number of Topliss-reactive ketones (excluding diaryl/α,β-unsaturated/α-hetero) is 1. The second-order valence-electron chi connectivity index (χ2n) is 5.98. The summed E-state index contributed by atoms with van der Waals surface area (Å²) in [6.07, 6.45) is 2.81. The summed E-state index contributed by atoms with van der Waals surface area (Å²) in [7, 11) is -1.24. The maximum atomic E-state index is 12.7. The average molecular weight is 390 g/mol. The Morgan fingerprint density at radius 1 is 1.04 bits per heavy atom. The number of rotatable bonds is 9. The normalized spacial score (nSPS) is 12.6. The van der Waals surface area contributed by atoms with Gasteiger partial charge in [-0.1, -0.05) is 62.2 Å². The number of carbonyl (C=O) groups is 1. The van der Waals surface area contributed by atoms with Crippen molar-refractivity contribution in [1.29, 1.82) is 0 Å². The van der Waals surface area contributed by atoms with Gasteiger partial charge < -0.3 is 4.74 Å². The van der Waals surface area contributed by atoms with E-state index in [2.05, 4.69) is 6.92 Å². The van der Waals surface area contributed by atoms with Crippen LogP contribution in [0.25, 0.3) is 0 Å². The van der Waals surface area contributed by atoms with E-state index in [1.807, 2.05) is 6.07 Å². The van der Waals surface area contributed by atoms with Gasteiger partial charge in [0.2, 0.25) is 5.78 Å². The SMILES string of the molecule is CCCCCC(Oc1ccc(PC(F)(F)F)cc1)C(=O)c1ccccc1.[LiH]. The van der Waals surface area contributed by atoms with E-state index >= 15 is 0 Å². The topological polar surface area (TPSA) is 26.3 Å². The number of hydrogen-bond donors (Lipinski definition) is 0. The van der Waals surface area contributed by atoms with E-state index in [9.17, 15) is 18.0 Å². The van der Waals surface area contributed by atoms with Crippen LogP contribution in [0.2, 0.25) is 0 Å². The van der Waals surface area contributed by atoms with Gasteiger partial charge in [0.1, 0.15) is 5.75 Å². The van der Waals surface area contributed by atoms with Crippen molar-refractivity contribution >= 4 is 38.5 Å². The Balaban J connectivity index is 0.00000364. The molecule has 0 heterocycles. The van der Waals surface area contributed by atoms with Gasteiger partial charge in [0, 0.05) is 14.1 Å². The van der Waals surface area contributed by atoms with Crippen LogP contribution in [0.3, 0.4) is 0 Å². The van der Waals surface area contributed by atoms with Crippen LogP contribution in [0.4, 0.5) is 13.2 Å². The zero-order valence-electron chi connectivity index (χ0n) is 14.6. The summed E-state index contributed by atoms with van der Waals surface area (Å²) in [5.41, 5.74) is 0.573. The number of carbonyl (C=O) groups excluding carboxylic acids is 1. The fourth-order valence-electron chi connectivity index (χ4n) is 2.56. The molecule has 7 heteroatoms. The molecule has 0 aliphatic carbocycles. The van der Waals surface area contributed by atoms with Gasteiger partial charge in [-0.05, 0) is 30.3 Å². The summed E-state index contributed by atoms with van der Waals surface area (Å²) >= 11 is 0. The number of ketones is 1. The van der Waals surface area contributed by atoms with Gasteiger partial charge in [-0.3, -0.25) is 4.79 Å². The van der Waals surface area contributed by atoms with Crippen molar-refractivity contribution in [3.05, 3.63) is 60.2 Å². The van der Waals surface area contributed by atoms with E-state index in [0.717, 1.165) is 19.3 Å². The summed E-state index contributed by atoms with van der Waals surface area (Å²) < 4.78 is 43.2. The minimum atomic E-state index is -4.21. The molecule has 0 aliphatic heterocycles. The molecule has 0 aliphatic rings. The van der Waals surface area contributed by atoms with Gasteiger partial charge in [-0.25, -0.2) is 0 Å². The molecule has 142 valence electrons. The number of ether oxygens (including phenoxy) is 1. The van der Waals surface area contributed by atoms with Crippen molar-refractivity contribution in [2.75, 3.05) is 0 Å². The van der Waals surface area contributed by atoms with Crippen molar-refractivity contribution in [1.82, 2.24) is 0 Å². The molecule has 2 rings (SSSR count). The van der Waals surface area contributed by atoms with Crippen LogP contribution in [0.1, 0.15) is 43.0 Å². The summed E-state index contributed by atoms with van der Waals surface area (Å²) in [4.78, 5) is 12.7. The summed E-state index contributed by atoms with van der Waals surface area (Å²) in [5.74, 6) is -3.91. The Morgan fingerprint density at radius 2 is 1.67 bits per heavy atom. The third kappa shape index (κ3) is 8.52. The summed E-state index contributed by atoms with van der Waals surface area (Å²) in [5, 5.41) is 0.196. The van der Waals surface area contributed by atoms with Gasteiger partial charge in [-0.2, -0.15) is 13.2 Å². The zero-order chi connectivity index (χ0) is 19.0. The molecular formula is C20H23F3LiO2P. The van der Waals surface area contributed by atoms with Crippen molar-refractivity contribution in [2.24, 2.45) is 0 Å². The first-order chi connectivity index (χ1) is 12.4. The fourth-order valence-corrected chi connectivity index (χ4v) is 3.22. The van der Waals surface area contributed by atoms with E-state index < -0.39 is 20.6 Å². The predicted octanol–water partition coefficient (Wildman–Crippen LogP) is 5.07. The first-order valence-electron chi connectivity index (χ1n) is 8.60. The van der Waals surface area contributed by atoms with E-state index in [1.54, 1.807) is 24.3 Å². The second kappa shape index (κ2) is 11.5. The third-order valence-electron chi connectivity index (χ3n) is 3.84. The molecule has 0 N–H and O–H groups in total. The van der Waals surface area contributed by atoms with Gasteiger partial charge in [0.05, 0.1) is 0 Å². The Morgan fingerprint density at radius 3 is 2.22 bits per heavy atom. The second-order valence-corrected chi connectivity index (χ2v) is 7.37. The fraction of sp³-hybridized carbons (Fsp3) is 0.350. The van der Waals surface area contributed by atoms with E-state index in [1.165, 1.54) is 24.3 Å². The number of hydrogen-bond acceptors (Lipinski definition) is 2. The first kappa shape index (κ1) is 23.8. The molecule has 0 fully saturated rings. The quantitative estimate of drug-likeness (QED) is 0.259. The zero-order valence-corrected chi connectivity index (χ0v) is 15.6. The van der Waals surface area contributed by atoms with Crippen LogP contribution >= 0.6 is 8.58 Å². The average Bonchev–Trinajstić information content (AvgIpc) is 2.61. The molecule has 0 spiro atoms. The number of alkyl halides is 3. The monoisotopic (exact) mass is 390 g/mol. The van der Waals surface area contributed by atoms with Crippen LogP contribution in [0.15, 0.2) is 54.6 Å². The van der Waals surface area contributed by atoms with E-state index in [-0.39, 0.29) is 29.9 Å². The van der Waals surface area contributed by atoms with Crippen LogP contribution in [0, 0.1) is 0 Å². The first-order valence-corrected chi connectivity index (χ1v) is 9.60. The number of unbranched alkanes of at least 4 members (excludes halogenated alkanes) is 2. The molecule has 2 unspecified atom stereocenters. The van der Waals surface area contributed by atoms with Crippen LogP contribution in [-0.4, -0.2) is 36.7 Å². The predicted molar refractivity (Wildman–Crippen MR) is 107 cm³/mol. The van der Waals surface area contributed by atoms with Gasteiger partial charge in [0.25, 0.3) is 0 Å². The molecule has 2 atom stereocenters. The summed E-state index contributed by atoms with van der Waals surface area (Å²) in [6.45, 7) is 2.08.